The summed E-state index contributed by atoms with van der Waals surface area (Å²) in [4.78, 5) is 0. The maximum absolute atomic E-state index is 6.10. The van der Waals surface area contributed by atoms with Crippen LogP contribution in [0, 0.1) is 0 Å². The first-order valence-electron chi connectivity index (χ1n) is 8.72. The average molecular weight is 383 g/mol. The van der Waals surface area contributed by atoms with Crippen LogP contribution in [0.3, 0.4) is 0 Å². The molecule has 0 atom stereocenters. The third-order valence-corrected chi connectivity index (χ3v) is 6.65. The summed E-state index contributed by atoms with van der Waals surface area (Å²) in [5.74, 6) is 0. The van der Waals surface area contributed by atoms with Gasteiger partial charge in [0.25, 0.3) is 0 Å². The molecule has 3 nitrogen and oxygen atoms in total. The highest BCUT2D eigenvalue weighted by Crippen LogP contribution is 2.21. The van der Waals surface area contributed by atoms with Gasteiger partial charge >= 0.3 is 8.80 Å². The number of hydrogen-bond donors (Lipinski definition) is 0. The molecule has 0 aliphatic heterocycles. The van der Waals surface area contributed by atoms with Gasteiger partial charge in [-0.1, -0.05) is 56.0 Å². The molecule has 0 N–H and O–H groups in total. The topological polar surface area (TPSA) is 27.7 Å². The Balaban J connectivity index is 4.28. The zero-order valence-electron chi connectivity index (χ0n) is 14.3. The highest BCUT2D eigenvalue weighted by atomic mass is 79.9. The Hall–Kier alpha value is 0.577. The van der Waals surface area contributed by atoms with E-state index in [2.05, 4.69) is 36.7 Å². The Kier molecular flexibility index (Phi) is 15.9. The number of alkyl halides is 1. The molecule has 0 fully saturated rings. The lowest BCUT2D eigenvalue weighted by atomic mass is 10.2. The van der Waals surface area contributed by atoms with Gasteiger partial charge in [0.1, 0.15) is 0 Å². The van der Waals surface area contributed by atoms with Crippen LogP contribution in [-0.4, -0.2) is 34.0 Å². The third-order valence-electron chi connectivity index (χ3n) is 3.19. The second kappa shape index (κ2) is 15.5. The Morgan fingerprint density at radius 2 is 1.10 bits per heavy atom. The van der Waals surface area contributed by atoms with Gasteiger partial charge in [-0.3, -0.25) is 0 Å². The SMILES string of the molecule is CCCO[Si](CCCCCCCBr)(OCCC)OCCC. The maximum atomic E-state index is 6.10. The Bertz CT molecular complexity index is 196. The van der Waals surface area contributed by atoms with Gasteiger partial charge in [-0.05, 0) is 32.1 Å². The highest BCUT2D eigenvalue weighted by Gasteiger charge is 2.40. The minimum atomic E-state index is -2.44. The van der Waals surface area contributed by atoms with Gasteiger partial charge in [-0.25, -0.2) is 0 Å². The van der Waals surface area contributed by atoms with E-state index in [0.29, 0.717) is 0 Å². The van der Waals surface area contributed by atoms with Crippen LogP contribution in [0.25, 0.3) is 0 Å². The molecule has 0 rings (SSSR count). The molecule has 0 radical (unpaired) electrons. The van der Waals surface area contributed by atoms with Crippen LogP contribution in [0.1, 0.15) is 72.1 Å². The second-order valence-corrected chi connectivity index (χ2v) is 8.96. The summed E-state index contributed by atoms with van der Waals surface area (Å²) in [6, 6.07) is 0.974. The molecule has 0 unspecified atom stereocenters. The van der Waals surface area contributed by atoms with Crippen molar-refractivity contribution in [2.75, 3.05) is 25.2 Å². The largest absolute Gasteiger partial charge is 0.500 e. The highest BCUT2D eigenvalue weighted by molar-refractivity contribution is 9.09. The molecule has 0 spiro atoms. The summed E-state index contributed by atoms with van der Waals surface area (Å²) in [5, 5.41) is 1.12. The van der Waals surface area contributed by atoms with E-state index in [9.17, 15) is 0 Å². The van der Waals surface area contributed by atoms with Gasteiger partial charge in [-0.15, -0.1) is 0 Å². The molecule has 0 bridgehead atoms. The first kappa shape index (κ1) is 21.6. The molecule has 21 heavy (non-hydrogen) atoms. The van der Waals surface area contributed by atoms with Gasteiger partial charge < -0.3 is 13.3 Å². The molecule has 0 saturated heterocycles. The van der Waals surface area contributed by atoms with E-state index >= 15 is 0 Å². The van der Waals surface area contributed by atoms with E-state index in [0.717, 1.165) is 56.9 Å². The van der Waals surface area contributed by atoms with Crippen molar-refractivity contribution in [3.63, 3.8) is 0 Å². The van der Waals surface area contributed by atoms with Crippen molar-refractivity contribution in [3.05, 3.63) is 0 Å². The number of halogens is 1. The molecule has 0 aromatic rings. The fourth-order valence-electron chi connectivity index (χ4n) is 2.08. The fraction of sp³-hybridized carbons (Fsp3) is 1.00. The van der Waals surface area contributed by atoms with Crippen molar-refractivity contribution >= 4 is 24.7 Å². The molecule has 0 aliphatic carbocycles. The maximum Gasteiger partial charge on any atom is 0.500 e. The van der Waals surface area contributed by atoms with Crippen molar-refractivity contribution in [3.8, 4) is 0 Å². The zero-order chi connectivity index (χ0) is 15.8. The lowest BCUT2D eigenvalue weighted by Gasteiger charge is -2.29. The summed E-state index contributed by atoms with van der Waals surface area (Å²) < 4.78 is 18.3. The first-order chi connectivity index (χ1) is 10.2. The van der Waals surface area contributed by atoms with Crippen molar-refractivity contribution in [2.45, 2.75) is 78.2 Å². The molecule has 0 saturated carbocycles. The smallest absolute Gasteiger partial charge is 0.373 e. The molecular formula is C16H35BrO3Si. The van der Waals surface area contributed by atoms with Crippen LogP contribution in [0.2, 0.25) is 6.04 Å². The number of hydrogen-bond acceptors (Lipinski definition) is 3. The molecule has 0 aliphatic rings. The van der Waals surface area contributed by atoms with Crippen LogP contribution in [0.4, 0.5) is 0 Å². The van der Waals surface area contributed by atoms with E-state index in [1.54, 1.807) is 0 Å². The van der Waals surface area contributed by atoms with Crippen molar-refractivity contribution < 1.29 is 13.3 Å². The molecule has 0 aromatic heterocycles. The van der Waals surface area contributed by atoms with Crippen molar-refractivity contribution in [1.29, 1.82) is 0 Å². The second-order valence-electron chi connectivity index (χ2n) is 5.44. The minimum absolute atomic E-state index is 0.753. The van der Waals surface area contributed by atoms with E-state index in [1.165, 1.54) is 25.7 Å². The van der Waals surface area contributed by atoms with Crippen LogP contribution >= 0.6 is 15.9 Å². The van der Waals surface area contributed by atoms with Gasteiger partial charge in [0, 0.05) is 31.2 Å². The van der Waals surface area contributed by atoms with Crippen LogP contribution in [0.15, 0.2) is 0 Å². The molecule has 0 amide bonds. The molecule has 5 heteroatoms. The molecular weight excluding hydrogens is 348 g/mol. The summed E-state index contributed by atoms with van der Waals surface area (Å²) in [6.07, 6.45) is 9.34. The standard InChI is InChI=1S/C16H35BrO3Si/c1-4-13-18-21(19-14-5-2,20-15-6-3)16-11-9-7-8-10-12-17/h4-16H2,1-3H3. The summed E-state index contributed by atoms with van der Waals surface area (Å²) in [7, 11) is -2.44. The van der Waals surface area contributed by atoms with Gasteiger partial charge in [-0.2, -0.15) is 0 Å². The lowest BCUT2D eigenvalue weighted by Crippen LogP contribution is -2.46. The summed E-state index contributed by atoms with van der Waals surface area (Å²) in [6.45, 7) is 8.67. The van der Waals surface area contributed by atoms with Crippen LogP contribution < -0.4 is 0 Å². The van der Waals surface area contributed by atoms with Crippen LogP contribution in [0.5, 0.6) is 0 Å². The first-order valence-corrected chi connectivity index (χ1v) is 11.8. The Labute approximate surface area is 141 Å². The predicted octanol–water partition coefficient (Wildman–Crippen LogP) is 5.55. The molecule has 0 heterocycles. The normalized spacial score (nSPS) is 12.0. The zero-order valence-corrected chi connectivity index (χ0v) is 16.9. The van der Waals surface area contributed by atoms with E-state index in [4.69, 9.17) is 13.3 Å². The quantitative estimate of drug-likeness (QED) is 0.199. The van der Waals surface area contributed by atoms with Crippen LogP contribution in [-0.2, 0) is 13.3 Å². The van der Waals surface area contributed by atoms with E-state index in [-0.39, 0.29) is 0 Å². The Morgan fingerprint density at radius 3 is 1.52 bits per heavy atom. The van der Waals surface area contributed by atoms with E-state index < -0.39 is 8.80 Å². The lowest BCUT2D eigenvalue weighted by molar-refractivity contribution is 0.0586. The molecule has 0 aromatic carbocycles. The van der Waals surface area contributed by atoms with Gasteiger partial charge in [0.2, 0.25) is 0 Å². The predicted molar refractivity (Wildman–Crippen MR) is 96.2 cm³/mol. The average Bonchev–Trinajstić information content (AvgIpc) is 2.51. The number of rotatable bonds is 16. The van der Waals surface area contributed by atoms with Crippen molar-refractivity contribution in [1.82, 2.24) is 0 Å². The monoisotopic (exact) mass is 382 g/mol. The number of unbranched alkanes of at least 4 members (excludes halogenated alkanes) is 4. The Morgan fingerprint density at radius 1 is 0.667 bits per heavy atom. The van der Waals surface area contributed by atoms with E-state index in [1.807, 2.05) is 0 Å². The summed E-state index contributed by atoms with van der Waals surface area (Å²) >= 11 is 3.48. The summed E-state index contributed by atoms with van der Waals surface area (Å²) in [5.41, 5.74) is 0. The molecule has 128 valence electrons. The minimum Gasteiger partial charge on any atom is -0.373 e. The fourth-order valence-corrected chi connectivity index (χ4v) is 5.39. The van der Waals surface area contributed by atoms with Gasteiger partial charge in [0.15, 0.2) is 0 Å². The van der Waals surface area contributed by atoms with Gasteiger partial charge in [0.05, 0.1) is 0 Å². The van der Waals surface area contributed by atoms with Crippen molar-refractivity contribution in [2.24, 2.45) is 0 Å². The third kappa shape index (κ3) is 11.8.